The quantitative estimate of drug-likeness (QED) is 0.599. The van der Waals surface area contributed by atoms with Gasteiger partial charge < -0.3 is 15.8 Å². The molecule has 4 nitrogen and oxygen atoms in total. The molecule has 4 heteroatoms. The minimum Gasteiger partial charge on any atom is -0.381 e. The average molecular weight is 242 g/mol. The summed E-state index contributed by atoms with van der Waals surface area (Å²) in [5.74, 6) is 1.25. The molecule has 1 saturated carbocycles. The number of nitrogens with two attached hydrogens (primary N) is 1. The van der Waals surface area contributed by atoms with Gasteiger partial charge in [-0.2, -0.15) is 0 Å². The largest absolute Gasteiger partial charge is 0.381 e. The number of amides is 1. The van der Waals surface area contributed by atoms with E-state index in [0.29, 0.717) is 25.0 Å². The summed E-state index contributed by atoms with van der Waals surface area (Å²) >= 11 is 0. The minimum atomic E-state index is -0.320. The molecule has 0 spiro atoms. The summed E-state index contributed by atoms with van der Waals surface area (Å²) in [5, 5.41) is 2.86. The van der Waals surface area contributed by atoms with Crippen LogP contribution in [0, 0.1) is 11.8 Å². The van der Waals surface area contributed by atoms with E-state index < -0.39 is 0 Å². The van der Waals surface area contributed by atoms with Crippen LogP contribution in [0.5, 0.6) is 0 Å². The lowest BCUT2D eigenvalue weighted by Gasteiger charge is -2.12. The van der Waals surface area contributed by atoms with Crippen LogP contribution >= 0.6 is 0 Å². The molecule has 1 unspecified atom stereocenters. The first kappa shape index (κ1) is 14.5. The monoisotopic (exact) mass is 242 g/mol. The van der Waals surface area contributed by atoms with E-state index in [9.17, 15) is 4.79 Å². The van der Waals surface area contributed by atoms with E-state index in [1.807, 2.05) is 0 Å². The Labute approximate surface area is 104 Å². The maximum atomic E-state index is 11.6. The molecule has 0 heterocycles. The third-order valence-electron chi connectivity index (χ3n) is 2.84. The number of carbonyl (C=O) groups is 1. The Morgan fingerprint density at radius 3 is 2.76 bits per heavy atom. The van der Waals surface area contributed by atoms with Gasteiger partial charge >= 0.3 is 0 Å². The highest BCUT2D eigenvalue weighted by Crippen LogP contribution is 2.33. The van der Waals surface area contributed by atoms with E-state index in [4.69, 9.17) is 10.5 Å². The highest BCUT2D eigenvalue weighted by Gasteiger charge is 2.26. The molecule has 0 radical (unpaired) electrons. The molecular formula is C13H26N2O2. The molecular weight excluding hydrogens is 216 g/mol. The number of carbonyl (C=O) groups excluding carboxylic acids is 1. The molecule has 1 rings (SSSR count). The fraction of sp³-hybridized carbons (Fsp3) is 0.923. The van der Waals surface area contributed by atoms with Crippen molar-refractivity contribution in [3.63, 3.8) is 0 Å². The molecule has 3 N–H and O–H groups in total. The van der Waals surface area contributed by atoms with Crippen molar-refractivity contribution >= 4 is 5.91 Å². The van der Waals surface area contributed by atoms with E-state index in [-0.39, 0.29) is 11.9 Å². The molecule has 100 valence electrons. The van der Waals surface area contributed by atoms with Gasteiger partial charge in [0.05, 0.1) is 6.04 Å². The molecule has 1 aliphatic carbocycles. The second-order valence-corrected chi connectivity index (χ2v) is 5.40. The van der Waals surface area contributed by atoms with Gasteiger partial charge in [-0.1, -0.05) is 26.7 Å². The van der Waals surface area contributed by atoms with Gasteiger partial charge in [-0.25, -0.2) is 0 Å². The lowest BCUT2D eigenvalue weighted by molar-refractivity contribution is -0.122. The fourth-order valence-corrected chi connectivity index (χ4v) is 1.66. The highest BCUT2D eigenvalue weighted by molar-refractivity contribution is 5.81. The summed E-state index contributed by atoms with van der Waals surface area (Å²) in [4.78, 5) is 11.6. The third kappa shape index (κ3) is 7.34. The normalized spacial score (nSPS) is 17.2. The molecule has 0 saturated heterocycles. The Hall–Kier alpha value is -0.610. The summed E-state index contributed by atoms with van der Waals surface area (Å²) < 4.78 is 5.43. The van der Waals surface area contributed by atoms with Crippen LogP contribution in [0.15, 0.2) is 0 Å². The van der Waals surface area contributed by atoms with Gasteiger partial charge in [-0.3, -0.25) is 4.79 Å². The maximum absolute atomic E-state index is 11.6. The summed E-state index contributed by atoms with van der Waals surface area (Å²) in [6.07, 6.45) is 4.18. The van der Waals surface area contributed by atoms with Gasteiger partial charge in [0.1, 0.15) is 0 Å². The van der Waals surface area contributed by atoms with Gasteiger partial charge in [-0.05, 0) is 24.7 Å². The summed E-state index contributed by atoms with van der Waals surface area (Å²) in [6.45, 7) is 6.40. The third-order valence-corrected chi connectivity index (χ3v) is 2.84. The van der Waals surface area contributed by atoms with E-state index in [0.717, 1.165) is 19.4 Å². The van der Waals surface area contributed by atoms with E-state index in [2.05, 4.69) is 19.2 Å². The summed E-state index contributed by atoms with van der Waals surface area (Å²) in [5.41, 5.74) is 5.80. The van der Waals surface area contributed by atoms with Gasteiger partial charge in [-0.15, -0.1) is 0 Å². The first-order chi connectivity index (χ1) is 8.09. The average Bonchev–Trinajstić information content (AvgIpc) is 3.06. The fourth-order valence-electron chi connectivity index (χ4n) is 1.66. The van der Waals surface area contributed by atoms with Crippen LogP contribution in [0.2, 0.25) is 0 Å². The first-order valence-corrected chi connectivity index (χ1v) is 6.70. The molecule has 1 amide bonds. The van der Waals surface area contributed by atoms with Crippen molar-refractivity contribution in [3.05, 3.63) is 0 Å². The molecule has 0 aromatic carbocycles. The zero-order chi connectivity index (χ0) is 12.7. The lowest BCUT2D eigenvalue weighted by atomic mass is 10.1. The molecule has 0 aliphatic heterocycles. The second kappa shape index (κ2) is 7.67. The Bertz CT molecular complexity index is 227. The van der Waals surface area contributed by atoms with Crippen molar-refractivity contribution in [2.75, 3.05) is 19.8 Å². The smallest absolute Gasteiger partial charge is 0.236 e. The van der Waals surface area contributed by atoms with Gasteiger partial charge in [0, 0.05) is 19.8 Å². The molecule has 0 bridgehead atoms. The Balaban J connectivity index is 1.92. The molecule has 0 aromatic heterocycles. The SMILES string of the molecule is CC(C)COCCCNC(=O)C(N)CC1CC1. The Morgan fingerprint density at radius 2 is 2.18 bits per heavy atom. The topological polar surface area (TPSA) is 64.3 Å². The van der Waals surface area contributed by atoms with Crippen molar-refractivity contribution in [1.29, 1.82) is 0 Å². The van der Waals surface area contributed by atoms with Crippen LogP contribution in [-0.2, 0) is 9.53 Å². The van der Waals surface area contributed by atoms with Crippen LogP contribution in [0.1, 0.15) is 39.5 Å². The Morgan fingerprint density at radius 1 is 1.47 bits per heavy atom. The Kier molecular flexibility index (Phi) is 6.52. The molecule has 17 heavy (non-hydrogen) atoms. The number of nitrogens with one attached hydrogen (secondary N) is 1. The summed E-state index contributed by atoms with van der Waals surface area (Å²) in [7, 11) is 0. The van der Waals surface area contributed by atoms with Crippen molar-refractivity contribution in [1.82, 2.24) is 5.32 Å². The van der Waals surface area contributed by atoms with Gasteiger partial charge in [0.25, 0.3) is 0 Å². The standard InChI is InChI=1S/C13H26N2O2/c1-10(2)9-17-7-3-6-15-13(16)12(14)8-11-4-5-11/h10-12H,3-9,14H2,1-2H3,(H,15,16). The van der Waals surface area contributed by atoms with Crippen molar-refractivity contribution in [3.8, 4) is 0 Å². The molecule has 1 aliphatic rings. The predicted octanol–water partition coefficient (Wildman–Crippen LogP) is 1.29. The number of hydrogen-bond donors (Lipinski definition) is 2. The van der Waals surface area contributed by atoms with Crippen molar-refractivity contribution in [2.24, 2.45) is 17.6 Å². The highest BCUT2D eigenvalue weighted by atomic mass is 16.5. The van der Waals surface area contributed by atoms with E-state index in [1.165, 1.54) is 12.8 Å². The zero-order valence-electron chi connectivity index (χ0n) is 11.1. The number of hydrogen-bond acceptors (Lipinski definition) is 3. The van der Waals surface area contributed by atoms with E-state index in [1.54, 1.807) is 0 Å². The van der Waals surface area contributed by atoms with Crippen LogP contribution in [-0.4, -0.2) is 31.7 Å². The molecule has 1 atom stereocenters. The van der Waals surface area contributed by atoms with Gasteiger partial charge in [0.2, 0.25) is 5.91 Å². The number of rotatable bonds is 9. The zero-order valence-corrected chi connectivity index (χ0v) is 11.1. The van der Waals surface area contributed by atoms with Crippen LogP contribution < -0.4 is 11.1 Å². The molecule has 1 fully saturated rings. The predicted molar refractivity (Wildman–Crippen MR) is 68.6 cm³/mol. The van der Waals surface area contributed by atoms with Crippen molar-refractivity contribution < 1.29 is 9.53 Å². The van der Waals surface area contributed by atoms with Gasteiger partial charge in [0.15, 0.2) is 0 Å². The maximum Gasteiger partial charge on any atom is 0.236 e. The van der Waals surface area contributed by atoms with Crippen LogP contribution in [0.4, 0.5) is 0 Å². The van der Waals surface area contributed by atoms with Crippen LogP contribution in [0.25, 0.3) is 0 Å². The first-order valence-electron chi connectivity index (χ1n) is 6.70. The van der Waals surface area contributed by atoms with Crippen molar-refractivity contribution in [2.45, 2.75) is 45.6 Å². The summed E-state index contributed by atoms with van der Waals surface area (Å²) in [6, 6.07) is -0.320. The molecule has 0 aromatic rings. The second-order valence-electron chi connectivity index (χ2n) is 5.40. The van der Waals surface area contributed by atoms with Crippen LogP contribution in [0.3, 0.4) is 0 Å². The number of ether oxygens (including phenoxy) is 1. The minimum absolute atomic E-state index is 0.0132. The lowest BCUT2D eigenvalue weighted by Crippen LogP contribution is -2.41. The van der Waals surface area contributed by atoms with E-state index >= 15 is 0 Å².